The average Bonchev–Trinajstić information content (AvgIpc) is 2.64. The maximum Gasteiger partial charge on any atom is 0.253 e. The van der Waals surface area contributed by atoms with Gasteiger partial charge in [-0.2, -0.15) is 0 Å². The van der Waals surface area contributed by atoms with Crippen molar-refractivity contribution in [2.24, 2.45) is 0 Å². The van der Waals surface area contributed by atoms with Crippen LogP contribution in [-0.4, -0.2) is 19.0 Å². The van der Waals surface area contributed by atoms with Crippen LogP contribution in [0.1, 0.15) is 40.7 Å². The summed E-state index contributed by atoms with van der Waals surface area (Å²) in [5.41, 5.74) is 2.94. The van der Waals surface area contributed by atoms with E-state index in [1.807, 2.05) is 6.07 Å². The summed E-state index contributed by atoms with van der Waals surface area (Å²) < 4.78 is 0.839. The minimum atomic E-state index is -0.159. The lowest BCUT2D eigenvalue weighted by molar-refractivity contribution is -0.918. The molecule has 1 aliphatic heterocycles. The molecular weight excluding hydrogens is 400 g/mol. The number of nitrogens with one attached hydrogen (secondary N) is 2. The van der Waals surface area contributed by atoms with Crippen molar-refractivity contribution in [1.82, 2.24) is 5.32 Å². The smallest absolute Gasteiger partial charge is 0.253 e. The van der Waals surface area contributed by atoms with Gasteiger partial charge in [0, 0.05) is 16.6 Å². The maximum absolute atomic E-state index is 12.3. The van der Waals surface area contributed by atoms with Gasteiger partial charge in [0.15, 0.2) is 0 Å². The molecule has 1 amide bonds. The molecule has 3 nitrogen and oxygen atoms in total. The van der Waals surface area contributed by atoms with E-state index >= 15 is 0 Å². The van der Waals surface area contributed by atoms with Gasteiger partial charge in [-0.1, -0.05) is 51.8 Å². The fraction of sp³-hybridized carbons (Fsp3) is 0.350. The third kappa shape index (κ3) is 5.30. The van der Waals surface area contributed by atoms with Gasteiger partial charge in [-0.05, 0) is 43.0 Å². The topological polar surface area (TPSA) is 33.5 Å². The van der Waals surface area contributed by atoms with E-state index in [9.17, 15) is 4.79 Å². The highest BCUT2D eigenvalue weighted by Crippen LogP contribution is 2.21. The van der Waals surface area contributed by atoms with Gasteiger partial charge in [0.2, 0.25) is 0 Å². The lowest BCUT2D eigenvalue weighted by atomic mass is 10.1. The summed E-state index contributed by atoms with van der Waals surface area (Å²) >= 11 is 9.47. The number of hydrogen-bond donors (Lipinski definition) is 2. The molecule has 25 heavy (non-hydrogen) atoms. The zero-order chi connectivity index (χ0) is 17.6. The fourth-order valence-electron chi connectivity index (χ4n) is 3.24. The Kier molecular flexibility index (Phi) is 6.51. The zero-order valence-corrected chi connectivity index (χ0v) is 16.5. The molecular formula is C20H23BrClN2O+. The van der Waals surface area contributed by atoms with Gasteiger partial charge in [0.25, 0.3) is 5.91 Å². The summed E-state index contributed by atoms with van der Waals surface area (Å²) in [4.78, 5) is 14.0. The molecule has 2 N–H and O–H groups in total. The molecule has 0 atom stereocenters. The second-order valence-electron chi connectivity index (χ2n) is 6.61. The Bertz CT molecular complexity index is 727. The molecule has 5 heteroatoms. The number of piperidine rings is 1. The normalized spacial score (nSPS) is 15.1. The van der Waals surface area contributed by atoms with Crippen molar-refractivity contribution in [2.45, 2.75) is 32.4 Å². The molecule has 0 bridgehead atoms. The molecule has 1 aliphatic rings. The number of likely N-dealkylation sites (tertiary alicyclic amines) is 1. The highest BCUT2D eigenvalue weighted by molar-refractivity contribution is 9.10. The van der Waals surface area contributed by atoms with E-state index in [1.165, 1.54) is 37.9 Å². The number of carbonyl (C=O) groups is 1. The molecule has 1 saturated heterocycles. The predicted molar refractivity (Wildman–Crippen MR) is 105 cm³/mol. The number of quaternary nitrogens is 1. The van der Waals surface area contributed by atoms with Crippen molar-refractivity contribution in [3.05, 3.63) is 68.7 Å². The first kappa shape index (κ1) is 18.4. The van der Waals surface area contributed by atoms with Crippen LogP contribution < -0.4 is 10.2 Å². The molecule has 2 aromatic carbocycles. The number of carbonyl (C=O) groups excluding carboxylic acids is 1. The molecule has 132 valence electrons. The van der Waals surface area contributed by atoms with Crippen LogP contribution in [-0.2, 0) is 13.1 Å². The van der Waals surface area contributed by atoms with Crippen LogP contribution >= 0.6 is 27.5 Å². The quantitative estimate of drug-likeness (QED) is 0.758. The molecule has 3 rings (SSSR count). The number of rotatable bonds is 5. The molecule has 1 heterocycles. The molecule has 2 aromatic rings. The summed E-state index contributed by atoms with van der Waals surface area (Å²) in [6.07, 6.45) is 4.07. The Hall–Kier alpha value is -1.36. The van der Waals surface area contributed by atoms with Crippen molar-refractivity contribution >= 4 is 33.4 Å². The largest absolute Gasteiger partial charge is 0.348 e. The summed E-state index contributed by atoms with van der Waals surface area (Å²) in [5.74, 6) is -0.159. The Morgan fingerprint density at radius 1 is 1.04 bits per heavy atom. The van der Waals surface area contributed by atoms with Crippen LogP contribution in [0.2, 0.25) is 5.02 Å². The summed E-state index contributed by atoms with van der Waals surface area (Å²) in [5, 5.41) is 3.39. The van der Waals surface area contributed by atoms with Crippen molar-refractivity contribution < 1.29 is 9.69 Å². The number of amides is 1. The van der Waals surface area contributed by atoms with E-state index in [2.05, 4.69) is 45.5 Å². The summed E-state index contributed by atoms with van der Waals surface area (Å²) in [6.45, 7) is 4.16. The van der Waals surface area contributed by atoms with Crippen LogP contribution in [0.5, 0.6) is 0 Å². The van der Waals surface area contributed by atoms with Crippen LogP contribution in [0, 0.1) is 0 Å². The van der Waals surface area contributed by atoms with Crippen molar-refractivity contribution in [3.8, 4) is 0 Å². The molecule has 0 radical (unpaired) electrons. The van der Waals surface area contributed by atoms with E-state index in [0.29, 0.717) is 17.1 Å². The molecule has 0 spiro atoms. The number of halogens is 2. The summed E-state index contributed by atoms with van der Waals surface area (Å²) in [6, 6.07) is 13.8. The van der Waals surface area contributed by atoms with Gasteiger partial charge in [-0.25, -0.2) is 0 Å². The van der Waals surface area contributed by atoms with E-state index in [0.717, 1.165) is 16.6 Å². The monoisotopic (exact) mass is 421 g/mol. The Morgan fingerprint density at radius 3 is 2.44 bits per heavy atom. The summed E-state index contributed by atoms with van der Waals surface area (Å²) in [7, 11) is 0. The molecule has 0 aromatic heterocycles. The van der Waals surface area contributed by atoms with Crippen molar-refractivity contribution in [3.63, 3.8) is 0 Å². The standard InChI is InChI=1S/C20H22BrClN2O/c21-17-8-9-19(22)18(12-17)20(25)23-13-15-4-6-16(7-5-15)14-24-10-2-1-3-11-24/h4-9,12H,1-3,10-11,13-14H2,(H,23,25)/p+1. The second kappa shape index (κ2) is 8.84. The Balaban J connectivity index is 1.54. The second-order valence-corrected chi connectivity index (χ2v) is 7.93. The minimum Gasteiger partial charge on any atom is -0.348 e. The van der Waals surface area contributed by atoms with Gasteiger partial charge in [0.05, 0.1) is 23.7 Å². The zero-order valence-electron chi connectivity index (χ0n) is 14.2. The SMILES string of the molecule is O=C(NCc1ccc(C[NH+]2CCCCC2)cc1)c1cc(Br)ccc1Cl. The predicted octanol–water partition coefficient (Wildman–Crippen LogP) is 3.60. The molecule has 0 unspecified atom stereocenters. The molecule has 0 saturated carbocycles. The van der Waals surface area contributed by atoms with E-state index in [1.54, 1.807) is 17.0 Å². The first-order valence-electron chi connectivity index (χ1n) is 8.76. The van der Waals surface area contributed by atoms with Crippen LogP contribution in [0.4, 0.5) is 0 Å². The highest BCUT2D eigenvalue weighted by Gasteiger charge is 2.14. The number of benzene rings is 2. The average molecular weight is 423 g/mol. The van der Waals surface area contributed by atoms with E-state index < -0.39 is 0 Å². The lowest BCUT2D eigenvalue weighted by Gasteiger charge is -2.23. The Morgan fingerprint density at radius 2 is 1.72 bits per heavy atom. The minimum absolute atomic E-state index is 0.159. The van der Waals surface area contributed by atoms with E-state index in [-0.39, 0.29) is 5.91 Å². The first-order chi connectivity index (χ1) is 12.1. The van der Waals surface area contributed by atoms with Gasteiger partial charge >= 0.3 is 0 Å². The highest BCUT2D eigenvalue weighted by atomic mass is 79.9. The van der Waals surface area contributed by atoms with Crippen molar-refractivity contribution in [1.29, 1.82) is 0 Å². The third-order valence-electron chi connectivity index (χ3n) is 4.66. The van der Waals surface area contributed by atoms with Crippen molar-refractivity contribution in [2.75, 3.05) is 13.1 Å². The maximum atomic E-state index is 12.3. The fourth-order valence-corrected chi connectivity index (χ4v) is 3.81. The van der Waals surface area contributed by atoms with Gasteiger partial charge < -0.3 is 10.2 Å². The number of hydrogen-bond acceptors (Lipinski definition) is 1. The van der Waals surface area contributed by atoms with Gasteiger partial charge in [0.1, 0.15) is 6.54 Å². The van der Waals surface area contributed by atoms with Crippen LogP contribution in [0.15, 0.2) is 46.9 Å². The Labute approximate surface area is 162 Å². The molecule has 1 fully saturated rings. The van der Waals surface area contributed by atoms with E-state index in [4.69, 9.17) is 11.6 Å². The van der Waals surface area contributed by atoms with Crippen LogP contribution in [0.25, 0.3) is 0 Å². The molecule has 0 aliphatic carbocycles. The van der Waals surface area contributed by atoms with Gasteiger partial charge in [-0.3, -0.25) is 4.79 Å². The lowest BCUT2D eigenvalue weighted by Crippen LogP contribution is -3.11. The van der Waals surface area contributed by atoms with Gasteiger partial charge in [-0.15, -0.1) is 0 Å². The third-order valence-corrected chi connectivity index (χ3v) is 5.49. The first-order valence-corrected chi connectivity index (χ1v) is 9.93. The van der Waals surface area contributed by atoms with Crippen LogP contribution in [0.3, 0.4) is 0 Å².